The fraction of sp³-hybridized carbons (Fsp3) is 0.667. The third-order valence-electron chi connectivity index (χ3n) is 3.06. The number of hydrogen-bond acceptors (Lipinski definition) is 4. The van der Waals surface area contributed by atoms with Gasteiger partial charge in [-0.3, -0.25) is 4.79 Å². The molecule has 1 amide bonds. The Labute approximate surface area is 100 Å². The Bertz CT molecular complexity index is 396. The number of carbonyl (C=O) groups excluding carboxylic acids is 1. The van der Waals surface area contributed by atoms with Gasteiger partial charge >= 0.3 is 0 Å². The Morgan fingerprint density at radius 1 is 1.65 bits per heavy atom. The molecule has 1 fully saturated rings. The molecule has 94 valence electrons. The van der Waals surface area contributed by atoms with Gasteiger partial charge in [0.1, 0.15) is 5.76 Å². The molecule has 2 N–H and O–H groups in total. The molecular formula is C12H18N2O3. The number of hydrogen-bond donors (Lipinski definition) is 2. The molecule has 1 aliphatic rings. The van der Waals surface area contributed by atoms with Crippen molar-refractivity contribution in [2.24, 2.45) is 5.92 Å². The first-order valence-corrected chi connectivity index (χ1v) is 6.00. The molecule has 1 aromatic rings. The van der Waals surface area contributed by atoms with Crippen molar-refractivity contribution in [1.82, 2.24) is 10.5 Å². The summed E-state index contributed by atoms with van der Waals surface area (Å²) in [5, 5.41) is 15.6. The highest BCUT2D eigenvalue weighted by atomic mass is 16.5. The van der Waals surface area contributed by atoms with Crippen LogP contribution >= 0.6 is 0 Å². The standard InChI is InChI=1S/C12H18N2O3/c1-7(2)10(6-15)13-12(16)9-5-11(17-14-9)8-3-4-8/h5,7-8,10,15H,3-4,6H2,1-2H3,(H,13,16)/t10-/m1/s1. The summed E-state index contributed by atoms with van der Waals surface area (Å²) in [4.78, 5) is 11.8. The lowest BCUT2D eigenvalue weighted by atomic mass is 10.1. The molecule has 0 aromatic carbocycles. The fourth-order valence-electron chi connectivity index (χ4n) is 1.62. The van der Waals surface area contributed by atoms with Crippen LogP contribution in [0, 0.1) is 5.92 Å². The van der Waals surface area contributed by atoms with E-state index >= 15 is 0 Å². The van der Waals surface area contributed by atoms with Crippen molar-refractivity contribution in [2.75, 3.05) is 6.61 Å². The highest BCUT2D eigenvalue weighted by Crippen LogP contribution is 2.40. The van der Waals surface area contributed by atoms with E-state index in [2.05, 4.69) is 10.5 Å². The Kier molecular flexibility index (Phi) is 3.47. The number of carbonyl (C=O) groups is 1. The largest absolute Gasteiger partial charge is 0.394 e. The van der Waals surface area contributed by atoms with Gasteiger partial charge in [0.25, 0.3) is 5.91 Å². The van der Waals surface area contributed by atoms with E-state index in [9.17, 15) is 4.79 Å². The molecule has 0 unspecified atom stereocenters. The maximum Gasteiger partial charge on any atom is 0.273 e. The third kappa shape index (κ3) is 2.85. The molecule has 1 heterocycles. The Hall–Kier alpha value is -1.36. The predicted molar refractivity (Wildman–Crippen MR) is 61.7 cm³/mol. The van der Waals surface area contributed by atoms with Crippen molar-refractivity contribution in [3.63, 3.8) is 0 Å². The van der Waals surface area contributed by atoms with Gasteiger partial charge < -0.3 is 14.9 Å². The van der Waals surface area contributed by atoms with E-state index in [1.54, 1.807) is 6.07 Å². The van der Waals surface area contributed by atoms with Crippen LogP contribution in [0.5, 0.6) is 0 Å². The molecule has 1 aliphatic carbocycles. The average Bonchev–Trinajstić information content (AvgIpc) is 3.03. The van der Waals surface area contributed by atoms with Crippen LogP contribution in [0.15, 0.2) is 10.6 Å². The van der Waals surface area contributed by atoms with Crippen molar-refractivity contribution >= 4 is 5.91 Å². The molecule has 0 spiro atoms. The van der Waals surface area contributed by atoms with Crippen molar-refractivity contribution in [3.8, 4) is 0 Å². The fourth-order valence-corrected chi connectivity index (χ4v) is 1.62. The topological polar surface area (TPSA) is 75.4 Å². The van der Waals surface area contributed by atoms with E-state index in [1.165, 1.54) is 0 Å². The molecular weight excluding hydrogens is 220 g/mol. The van der Waals surface area contributed by atoms with Crippen molar-refractivity contribution in [1.29, 1.82) is 0 Å². The lowest BCUT2D eigenvalue weighted by Crippen LogP contribution is -2.41. The minimum absolute atomic E-state index is 0.0727. The van der Waals surface area contributed by atoms with Crippen LogP contribution in [0.4, 0.5) is 0 Å². The van der Waals surface area contributed by atoms with Gasteiger partial charge in [0.05, 0.1) is 12.6 Å². The number of aromatic nitrogens is 1. The first kappa shape index (κ1) is 12.1. The molecule has 17 heavy (non-hydrogen) atoms. The maximum absolute atomic E-state index is 11.8. The molecule has 2 rings (SSSR count). The van der Waals surface area contributed by atoms with Gasteiger partial charge in [0, 0.05) is 12.0 Å². The number of aliphatic hydroxyl groups excluding tert-OH is 1. The third-order valence-corrected chi connectivity index (χ3v) is 3.06. The quantitative estimate of drug-likeness (QED) is 0.810. The summed E-state index contributed by atoms with van der Waals surface area (Å²) in [6.07, 6.45) is 2.23. The van der Waals surface area contributed by atoms with Crippen LogP contribution in [0.25, 0.3) is 0 Å². The van der Waals surface area contributed by atoms with E-state index in [4.69, 9.17) is 9.63 Å². The molecule has 0 bridgehead atoms. The smallest absolute Gasteiger partial charge is 0.273 e. The Morgan fingerprint density at radius 3 is 2.88 bits per heavy atom. The van der Waals surface area contributed by atoms with E-state index in [0.717, 1.165) is 18.6 Å². The number of rotatable bonds is 5. The van der Waals surface area contributed by atoms with Crippen LogP contribution < -0.4 is 5.32 Å². The zero-order valence-electron chi connectivity index (χ0n) is 10.1. The predicted octanol–water partition coefficient (Wildman–Crippen LogP) is 1.30. The second-order valence-electron chi connectivity index (χ2n) is 4.90. The Balaban J connectivity index is 1.98. The summed E-state index contributed by atoms with van der Waals surface area (Å²) < 4.78 is 5.11. The zero-order valence-corrected chi connectivity index (χ0v) is 10.1. The van der Waals surface area contributed by atoms with Crippen LogP contribution in [-0.4, -0.2) is 28.8 Å². The SMILES string of the molecule is CC(C)[C@@H](CO)NC(=O)c1cc(C2CC2)on1. The molecule has 0 saturated heterocycles. The minimum Gasteiger partial charge on any atom is -0.394 e. The normalized spacial score (nSPS) is 17.2. The molecule has 5 nitrogen and oxygen atoms in total. The second kappa shape index (κ2) is 4.87. The average molecular weight is 238 g/mol. The first-order chi connectivity index (χ1) is 8.11. The van der Waals surface area contributed by atoms with Crippen LogP contribution in [0.2, 0.25) is 0 Å². The molecule has 5 heteroatoms. The van der Waals surface area contributed by atoms with Crippen molar-refractivity contribution in [2.45, 2.75) is 38.6 Å². The van der Waals surface area contributed by atoms with E-state index in [0.29, 0.717) is 11.6 Å². The second-order valence-corrected chi connectivity index (χ2v) is 4.90. The van der Waals surface area contributed by atoms with Gasteiger partial charge in [-0.05, 0) is 18.8 Å². The van der Waals surface area contributed by atoms with Gasteiger partial charge in [0.2, 0.25) is 0 Å². The maximum atomic E-state index is 11.8. The monoisotopic (exact) mass is 238 g/mol. The number of amides is 1. The van der Waals surface area contributed by atoms with Crippen molar-refractivity contribution < 1.29 is 14.4 Å². The van der Waals surface area contributed by atoms with E-state index in [1.807, 2.05) is 13.8 Å². The van der Waals surface area contributed by atoms with Crippen LogP contribution in [0.1, 0.15) is 48.9 Å². The highest BCUT2D eigenvalue weighted by Gasteiger charge is 2.29. The van der Waals surface area contributed by atoms with E-state index in [-0.39, 0.29) is 24.5 Å². The van der Waals surface area contributed by atoms with Crippen molar-refractivity contribution in [3.05, 3.63) is 17.5 Å². The number of nitrogens with zero attached hydrogens (tertiary/aromatic N) is 1. The summed E-state index contributed by atoms with van der Waals surface area (Å²) in [5.74, 6) is 1.13. The summed E-state index contributed by atoms with van der Waals surface area (Å²) >= 11 is 0. The number of nitrogens with one attached hydrogen (secondary N) is 1. The highest BCUT2D eigenvalue weighted by molar-refractivity contribution is 5.92. The summed E-state index contributed by atoms with van der Waals surface area (Å²) in [6.45, 7) is 3.82. The molecule has 1 atom stereocenters. The van der Waals surface area contributed by atoms with Crippen LogP contribution in [0.3, 0.4) is 0 Å². The van der Waals surface area contributed by atoms with E-state index < -0.39 is 0 Å². The summed E-state index contributed by atoms with van der Waals surface area (Å²) in [5.41, 5.74) is 0.297. The summed E-state index contributed by atoms with van der Waals surface area (Å²) in [6, 6.07) is 1.45. The Morgan fingerprint density at radius 2 is 2.35 bits per heavy atom. The van der Waals surface area contributed by atoms with Gasteiger partial charge in [-0.2, -0.15) is 0 Å². The summed E-state index contributed by atoms with van der Waals surface area (Å²) in [7, 11) is 0. The molecule has 1 saturated carbocycles. The minimum atomic E-state index is -0.284. The van der Waals surface area contributed by atoms with Gasteiger partial charge in [-0.25, -0.2) is 0 Å². The lowest BCUT2D eigenvalue weighted by Gasteiger charge is -2.18. The molecule has 1 aromatic heterocycles. The van der Waals surface area contributed by atoms with Gasteiger partial charge in [-0.1, -0.05) is 19.0 Å². The molecule has 0 aliphatic heterocycles. The van der Waals surface area contributed by atoms with Gasteiger partial charge in [-0.15, -0.1) is 0 Å². The molecule has 0 radical (unpaired) electrons. The van der Waals surface area contributed by atoms with Gasteiger partial charge in [0.15, 0.2) is 5.69 Å². The lowest BCUT2D eigenvalue weighted by molar-refractivity contribution is 0.0887. The number of aliphatic hydroxyl groups is 1. The zero-order chi connectivity index (χ0) is 12.4. The first-order valence-electron chi connectivity index (χ1n) is 6.00. The van der Waals surface area contributed by atoms with Crippen LogP contribution in [-0.2, 0) is 0 Å².